The lowest BCUT2D eigenvalue weighted by atomic mass is 10.1. The van der Waals surface area contributed by atoms with Crippen molar-refractivity contribution in [2.45, 2.75) is 0 Å². The molecule has 0 aliphatic carbocycles. The number of anilines is 18. The molecule has 20 aromatic rings. The minimum atomic E-state index is 0.472. The lowest BCUT2D eigenvalue weighted by Crippen LogP contribution is -2.22. The van der Waals surface area contributed by atoms with E-state index in [9.17, 15) is 0 Å². The average Bonchev–Trinajstić information content (AvgIpc) is 0.676. The number of para-hydroxylation sites is 6. The van der Waals surface area contributed by atoms with Gasteiger partial charge in [0.15, 0.2) is 0 Å². The summed E-state index contributed by atoms with van der Waals surface area (Å²) in [7, 11) is 0. The Kier molecular flexibility index (Phi) is 18.8. The van der Waals surface area contributed by atoms with Gasteiger partial charge in [0, 0.05) is 67.3 Å². The molecule has 540 valence electrons. The minimum Gasteiger partial charge on any atom is -0.279 e. The molecule has 0 atom stereocenters. The van der Waals surface area contributed by atoms with Gasteiger partial charge in [0.2, 0.25) is 35.7 Å². The molecule has 2 aromatic heterocycles. The molecule has 12 heteroatoms. The number of nitrogens with zero attached hydrogens (tertiary/aromatic N) is 12. The Balaban J connectivity index is 0.000000153. The lowest BCUT2D eigenvalue weighted by molar-refractivity contribution is 0.963. The molecule has 0 bridgehead atoms. The molecule has 0 aliphatic rings. The summed E-state index contributed by atoms with van der Waals surface area (Å²) in [6.07, 6.45) is 0. The van der Waals surface area contributed by atoms with Gasteiger partial charge in [-0.1, -0.05) is 309 Å². The molecular weight excluding hydrogens is 1390 g/mol. The van der Waals surface area contributed by atoms with Gasteiger partial charge in [0.25, 0.3) is 0 Å². The van der Waals surface area contributed by atoms with E-state index in [1.165, 1.54) is 0 Å². The average molecular weight is 1470 g/mol. The molecule has 12 nitrogen and oxygen atoms in total. The third-order valence-electron chi connectivity index (χ3n) is 20.5. The topological polar surface area (TPSA) is 96.8 Å². The number of fused-ring (bicyclic) bond motifs is 6. The van der Waals surface area contributed by atoms with Gasteiger partial charge < -0.3 is 0 Å². The summed E-state index contributed by atoms with van der Waals surface area (Å²) in [5.41, 5.74) is 11.2. The number of benzene rings is 18. The van der Waals surface area contributed by atoms with Crippen LogP contribution in [-0.2, 0) is 0 Å². The van der Waals surface area contributed by atoms with Crippen molar-refractivity contribution >= 4 is 169 Å². The van der Waals surface area contributed by atoms with E-state index < -0.39 is 0 Å². The Morgan fingerprint density at radius 1 is 0.123 bits per heavy atom. The maximum Gasteiger partial charge on any atom is 0.241 e. The van der Waals surface area contributed by atoms with Crippen molar-refractivity contribution in [2.24, 2.45) is 0 Å². The SMILES string of the molecule is c1ccc(N(c2ccc3ccccc3c2)c2nc(N(c3ccccc3)c3ccc4ccccc4c3)nc(N(c3ccccc3)c3ccc4ccccc4c3)n2)cc1.c1ccc(N(c2nc(N(c3ccccc3)c3cccc4ccccc34)nc(N(c3ccccc3)c3cccc4ccccc34)n2)c2cccc3ccccc23)cc1. The van der Waals surface area contributed by atoms with Crippen molar-refractivity contribution in [1.29, 1.82) is 0 Å². The van der Waals surface area contributed by atoms with Crippen LogP contribution in [0.25, 0.3) is 64.6 Å². The molecule has 0 radical (unpaired) electrons. The molecule has 0 spiro atoms. The molecule has 18 aromatic carbocycles. The molecule has 0 saturated carbocycles. The van der Waals surface area contributed by atoms with E-state index in [0.29, 0.717) is 35.7 Å². The number of hydrogen-bond donors (Lipinski definition) is 0. The maximum absolute atomic E-state index is 5.49. The van der Waals surface area contributed by atoms with Crippen molar-refractivity contribution in [2.75, 3.05) is 29.4 Å². The summed E-state index contributed by atoms with van der Waals surface area (Å²) in [4.78, 5) is 45.5. The summed E-state index contributed by atoms with van der Waals surface area (Å²) >= 11 is 0. The number of hydrogen-bond acceptors (Lipinski definition) is 12. The van der Waals surface area contributed by atoms with Crippen molar-refractivity contribution in [3.05, 3.63) is 437 Å². The van der Waals surface area contributed by atoms with E-state index in [2.05, 4.69) is 393 Å². The summed E-state index contributed by atoms with van der Waals surface area (Å²) in [5.74, 6) is 2.83. The Morgan fingerprint density at radius 2 is 0.307 bits per heavy atom. The predicted molar refractivity (Wildman–Crippen MR) is 473 cm³/mol. The van der Waals surface area contributed by atoms with Crippen LogP contribution in [0.5, 0.6) is 0 Å². The minimum absolute atomic E-state index is 0.472. The van der Waals surface area contributed by atoms with E-state index >= 15 is 0 Å². The zero-order valence-electron chi connectivity index (χ0n) is 61.9. The zero-order valence-corrected chi connectivity index (χ0v) is 61.9. The lowest BCUT2D eigenvalue weighted by Gasteiger charge is -2.30. The first kappa shape index (κ1) is 68.8. The normalized spacial score (nSPS) is 11.2. The summed E-state index contributed by atoms with van der Waals surface area (Å²) in [6, 6.07) is 151. The number of rotatable bonds is 18. The summed E-state index contributed by atoms with van der Waals surface area (Å²) < 4.78 is 0. The van der Waals surface area contributed by atoms with E-state index in [-0.39, 0.29) is 0 Å². The molecule has 20 rings (SSSR count). The van der Waals surface area contributed by atoms with Gasteiger partial charge in [-0.3, -0.25) is 29.4 Å². The van der Waals surface area contributed by atoms with Crippen molar-refractivity contribution in [1.82, 2.24) is 29.9 Å². The third kappa shape index (κ3) is 13.9. The molecule has 114 heavy (non-hydrogen) atoms. The molecule has 0 aliphatic heterocycles. The quantitative estimate of drug-likeness (QED) is 0.0818. The van der Waals surface area contributed by atoms with Crippen molar-refractivity contribution in [3.8, 4) is 0 Å². The highest BCUT2D eigenvalue weighted by Crippen LogP contribution is 2.47. The molecule has 2 heterocycles. The van der Waals surface area contributed by atoms with Gasteiger partial charge in [0.1, 0.15) is 0 Å². The van der Waals surface area contributed by atoms with E-state index in [0.717, 1.165) is 133 Å². The largest absolute Gasteiger partial charge is 0.279 e. The van der Waals surface area contributed by atoms with E-state index in [1.54, 1.807) is 0 Å². The first-order chi connectivity index (χ1) is 56.5. The van der Waals surface area contributed by atoms with Crippen LogP contribution in [0, 0.1) is 0 Å². The van der Waals surface area contributed by atoms with Gasteiger partial charge in [0.05, 0.1) is 17.1 Å². The molecule has 0 unspecified atom stereocenters. The van der Waals surface area contributed by atoms with Crippen LogP contribution in [0.15, 0.2) is 437 Å². The van der Waals surface area contributed by atoms with E-state index in [4.69, 9.17) is 29.9 Å². The Hall–Kier alpha value is -15.7. The fourth-order valence-electron chi connectivity index (χ4n) is 15.1. The zero-order chi connectivity index (χ0) is 75.9. The number of aromatic nitrogens is 6. The first-order valence-corrected chi connectivity index (χ1v) is 38.1. The van der Waals surface area contributed by atoms with Gasteiger partial charge in [-0.2, -0.15) is 29.9 Å². The molecule has 0 amide bonds. The van der Waals surface area contributed by atoms with Gasteiger partial charge in [-0.25, -0.2) is 0 Å². The highest BCUT2D eigenvalue weighted by atomic mass is 15.4. The van der Waals surface area contributed by atoms with Crippen LogP contribution in [0.4, 0.5) is 104 Å². The standard InChI is InChI=1S/2C51H36N6/c1-4-25-40(26-5-1)55(46-34-16-22-37-19-10-13-31-43(37)46)49-52-50(56(41-27-6-2-7-28-41)47-35-17-23-38-20-11-14-32-44(38)47)54-51(53-49)57(42-29-8-3-9-30-42)48-36-18-24-39-21-12-15-33-45(39)48;1-4-22-43(23-5-1)55(46-31-28-37-16-10-13-19-40(37)34-46)49-52-50(56(44-24-6-2-7-25-44)47-32-29-38-17-11-14-20-41(38)35-47)54-51(53-49)57(45-26-8-3-9-27-45)48-33-30-39-18-12-15-21-42(39)36-48/h2*1-36H. The second-order valence-electron chi connectivity index (χ2n) is 27.6. The van der Waals surface area contributed by atoms with Crippen molar-refractivity contribution < 1.29 is 0 Å². The first-order valence-electron chi connectivity index (χ1n) is 38.1. The smallest absolute Gasteiger partial charge is 0.241 e. The highest BCUT2D eigenvalue weighted by molar-refractivity contribution is 6.03. The van der Waals surface area contributed by atoms with Gasteiger partial charge in [-0.15, -0.1) is 0 Å². The third-order valence-corrected chi connectivity index (χ3v) is 20.5. The molecular formula is C102H72N12. The highest BCUT2D eigenvalue weighted by Gasteiger charge is 2.30. The fourth-order valence-corrected chi connectivity index (χ4v) is 15.1. The van der Waals surface area contributed by atoms with Crippen LogP contribution in [-0.4, -0.2) is 29.9 Å². The molecule has 0 fully saturated rings. The van der Waals surface area contributed by atoms with Crippen LogP contribution >= 0.6 is 0 Å². The van der Waals surface area contributed by atoms with Crippen LogP contribution in [0.1, 0.15) is 0 Å². The Labute approximate surface area is 660 Å². The van der Waals surface area contributed by atoms with Gasteiger partial charge in [-0.05, 0) is 176 Å². The fraction of sp³-hybridized carbons (Fsp3) is 0. The Bertz CT molecular complexity index is 6110. The van der Waals surface area contributed by atoms with Gasteiger partial charge >= 0.3 is 0 Å². The van der Waals surface area contributed by atoms with Crippen molar-refractivity contribution in [3.63, 3.8) is 0 Å². The monoisotopic (exact) mass is 1460 g/mol. The van der Waals surface area contributed by atoms with Crippen LogP contribution in [0.2, 0.25) is 0 Å². The second-order valence-corrected chi connectivity index (χ2v) is 27.6. The summed E-state index contributed by atoms with van der Waals surface area (Å²) in [6.45, 7) is 0. The molecule has 0 saturated heterocycles. The van der Waals surface area contributed by atoms with Crippen LogP contribution < -0.4 is 29.4 Å². The Morgan fingerprint density at radius 3 is 0.553 bits per heavy atom. The van der Waals surface area contributed by atoms with E-state index in [1.807, 2.05) is 72.8 Å². The summed E-state index contributed by atoms with van der Waals surface area (Å²) in [5, 5.41) is 13.4. The second kappa shape index (κ2) is 31.1. The van der Waals surface area contributed by atoms with Crippen LogP contribution in [0.3, 0.4) is 0 Å². The maximum atomic E-state index is 5.49. The molecule has 0 N–H and O–H groups in total. The predicted octanol–water partition coefficient (Wildman–Crippen LogP) is 27.5.